The van der Waals surface area contributed by atoms with Crippen molar-refractivity contribution in [3.05, 3.63) is 98.7 Å². The number of carbonyl (C=O) groups excluding carboxylic acids is 2. The molecule has 232 valence electrons. The second kappa shape index (κ2) is 15.7. The predicted molar refractivity (Wildman–Crippen MR) is 175 cm³/mol. The number of hydrazone groups is 1. The summed E-state index contributed by atoms with van der Waals surface area (Å²) in [6, 6.07) is 19.0. The summed E-state index contributed by atoms with van der Waals surface area (Å²) < 4.78 is 23.4. The minimum atomic E-state index is -0.649. The minimum Gasteiger partial charge on any atom is -0.493 e. The van der Waals surface area contributed by atoms with Gasteiger partial charge >= 0.3 is 5.97 Å². The molecule has 11 nitrogen and oxygen atoms in total. The van der Waals surface area contributed by atoms with Gasteiger partial charge in [-0.05, 0) is 62.0 Å². The number of benzene rings is 3. The first kappa shape index (κ1) is 33.0. The van der Waals surface area contributed by atoms with Crippen LogP contribution in [0.2, 0.25) is 0 Å². The van der Waals surface area contributed by atoms with Crippen molar-refractivity contribution >= 4 is 51.4 Å². The quantitative estimate of drug-likeness (QED) is 0.105. The Bertz CT molecular complexity index is 1690. The van der Waals surface area contributed by atoms with Crippen molar-refractivity contribution < 1.29 is 28.5 Å². The number of thiocarbonyl (C=S) groups is 1. The molecule has 13 heteroatoms. The Morgan fingerprint density at radius 1 is 1.13 bits per heavy atom. The maximum absolute atomic E-state index is 12.8. The summed E-state index contributed by atoms with van der Waals surface area (Å²) in [6.07, 6.45) is 1.44. The van der Waals surface area contributed by atoms with Gasteiger partial charge in [0.15, 0.2) is 23.2 Å². The van der Waals surface area contributed by atoms with Crippen molar-refractivity contribution in [2.24, 2.45) is 5.10 Å². The Labute approximate surface area is 274 Å². The zero-order valence-electron chi connectivity index (χ0n) is 24.7. The van der Waals surface area contributed by atoms with Crippen LogP contribution >= 0.6 is 28.1 Å². The van der Waals surface area contributed by atoms with E-state index in [4.69, 9.17) is 36.4 Å². The number of halogens is 1. The number of ether oxygens (including phenoxy) is 4. The largest absolute Gasteiger partial charge is 0.493 e. The Hall–Kier alpha value is -4.93. The zero-order chi connectivity index (χ0) is 32.3. The van der Waals surface area contributed by atoms with Crippen LogP contribution in [0.1, 0.15) is 42.1 Å². The molecule has 45 heavy (non-hydrogen) atoms. The first-order valence-electron chi connectivity index (χ1n) is 13.7. The van der Waals surface area contributed by atoms with E-state index in [-0.39, 0.29) is 19.8 Å². The first-order valence-corrected chi connectivity index (χ1v) is 14.9. The number of nitrogens with zero attached hydrogens (tertiary/aromatic N) is 2. The normalized spacial score (nSPS) is 14.2. The van der Waals surface area contributed by atoms with Crippen LogP contribution in [0.25, 0.3) is 0 Å². The summed E-state index contributed by atoms with van der Waals surface area (Å²) in [7, 11) is 1.52. The highest BCUT2D eigenvalue weighted by Crippen LogP contribution is 2.35. The zero-order valence-corrected chi connectivity index (χ0v) is 27.1. The Morgan fingerprint density at radius 2 is 1.89 bits per heavy atom. The topological polar surface area (TPSA) is 143 Å². The number of nitrogens with one attached hydrogen (secondary N) is 3. The maximum Gasteiger partial charge on any atom is 0.338 e. The van der Waals surface area contributed by atoms with Gasteiger partial charge in [0.25, 0.3) is 5.91 Å². The maximum atomic E-state index is 12.8. The highest BCUT2D eigenvalue weighted by molar-refractivity contribution is 9.10. The van der Waals surface area contributed by atoms with Crippen LogP contribution < -0.4 is 30.3 Å². The van der Waals surface area contributed by atoms with Crippen molar-refractivity contribution in [3.63, 3.8) is 0 Å². The van der Waals surface area contributed by atoms with Crippen molar-refractivity contribution in [1.82, 2.24) is 16.1 Å². The minimum absolute atomic E-state index is 0.211. The predicted octanol–water partition coefficient (Wildman–Crippen LogP) is 4.79. The summed E-state index contributed by atoms with van der Waals surface area (Å²) in [5.41, 5.74) is 5.94. The molecule has 1 heterocycles. The van der Waals surface area contributed by atoms with Gasteiger partial charge in [0, 0.05) is 21.3 Å². The smallest absolute Gasteiger partial charge is 0.338 e. The van der Waals surface area contributed by atoms with Gasteiger partial charge in [-0.2, -0.15) is 10.4 Å². The van der Waals surface area contributed by atoms with E-state index in [1.54, 1.807) is 74.5 Å². The molecule has 1 amide bonds. The van der Waals surface area contributed by atoms with E-state index in [1.807, 2.05) is 0 Å². The van der Waals surface area contributed by atoms with Crippen LogP contribution in [0.15, 0.2) is 81.5 Å². The number of methoxy groups -OCH3 is 1. The fourth-order valence-corrected chi connectivity index (χ4v) is 5.15. The molecule has 1 aliphatic heterocycles. The molecule has 0 bridgehead atoms. The molecule has 0 aromatic heterocycles. The first-order chi connectivity index (χ1) is 21.7. The van der Waals surface area contributed by atoms with E-state index in [1.165, 1.54) is 13.3 Å². The third-order valence-electron chi connectivity index (χ3n) is 6.48. The Balaban J connectivity index is 1.45. The second-order valence-electron chi connectivity index (χ2n) is 9.53. The second-order valence-corrected chi connectivity index (χ2v) is 10.9. The lowest BCUT2D eigenvalue weighted by molar-refractivity contribution is -0.139. The average Bonchev–Trinajstić information content (AvgIpc) is 3.03. The van der Waals surface area contributed by atoms with E-state index in [0.717, 1.165) is 10.0 Å². The van der Waals surface area contributed by atoms with Gasteiger partial charge in [-0.1, -0.05) is 46.3 Å². The van der Waals surface area contributed by atoms with Crippen molar-refractivity contribution in [3.8, 4) is 23.3 Å². The van der Waals surface area contributed by atoms with Crippen molar-refractivity contribution in [2.45, 2.75) is 26.5 Å². The van der Waals surface area contributed by atoms with Gasteiger partial charge in [-0.15, -0.1) is 0 Å². The van der Waals surface area contributed by atoms with E-state index >= 15 is 0 Å². The fourth-order valence-electron chi connectivity index (χ4n) is 4.43. The number of esters is 1. The van der Waals surface area contributed by atoms with Crippen LogP contribution in [-0.4, -0.2) is 43.5 Å². The number of allylic oxidation sites excluding steroid dienone is 1. The third kappa shape index (κ3) is 8.59. The standard InChI is InChI=1S/C32H30BrN5O6S/c1-4-42-31(40)28-19(2)36-32(45)37-29(28)24-7-5-6-8-25(24)43-18-27(39)38-35-16-22-13-23(33)14-26(41-3)30(22)44-17-21-11-9-20(15-34)10-12-21/h5-14,16,29H,4,17-18H2,1-3H3,(H,38,39)(H2,36,37,45)/t29-/m1/s1. The van der Waals surface area contributed by atoms with E-state index in [9.17, 15) is 9.59 Å². The molecule has 0 unspecified atom stereocenters. The molecule has 1 aliphatic rings. The van der Waals surface area contributed by atoms with Crippen molar-refractivity contribution in [2.75, 3.05) is 20.3 Å². The third-order valence-corrected chi connectivity index (χ3v) is 7.16. The highest BCUT2D eigenvalue weighted by atomic mass is 79.9. The number of amides is 1. The van der Waals surface area contributed by atoms with Gasteiger partial charge in [-0.25, -0.2) is 10.2 Å². The Kier molecular flexibility index (Phi) is 11.5. The summed E-state index contributed by atoms with van der Waals surface area (Å²) in [4.78, 5) is 25.5. The highest BCUT2D eigenvalue weighted by Gasteiger charge is 2.32. The molecule has 0 spiro atoms. The molecule has 1 atom stereocenters. The van der Waals surface area contributed by atoms with Gasteiger partial charge in [0.05, 0.1) is 43.2 Å². The summed E-state index contributed by atoms with van der Waals surface area (Å²) in [6.45, 7) is 3.54. The van der Waals surface area contributed by atoms with Crippen molar-refractivity contribution in [1.29, 1.82) is 5.26 Å². The Morgan fingerprint density at radius 3 is 2.60 bits per heavy atom. The van der Waals surface area contributed by atoms with Gasteiger partial charge in [0.1, 0.15) is 12.4 Å². The molecule has 4 rings (SSSR count). The molecule has 0 aliphatic carbocycles. The molecule has 3 aromatic rings. The number of hydrogen-bond acceptors (Lipinski definition) is 9. The van der Waals surface area contributed by atoms with Crippen LogP contribution in [0.3, 0.4) is 0 Å². The number of rotatable bonds is 12. The molecular weight excluding hydrogens is 662 g/mol. The monoisotopic (exact) mass is 691 g/mol. The lowest BCUT2D eigenvalue weighted by atomic mass is 9.95. The van der Waals surface area contributed by atoms with Gasteiger partial charge < -0.3 is 29.6 Å². The van der Waals surface area contributed by atoms with Gasteiger partial charge in [-0.3, -0.25) is 4.79 Å². The fraction of sp³-hybridized carbons (Fsp3) is 0.219. The summed E-state index contributed by atoms with van der Waals surface area (Å²) >= 11 is 8.78. The number of para-hydroxylation sites is 1. The molecule has 3 N–H and O–H groups in total. The van der Waals surface area contributed by atoms with E-state index < -0.39 is 17.9 Å². The number of carbonyl (C=O) groups is 2. The molecule has 3 aromatic carbocycles. The average molecular weight is 693 g/mol. The molecule has 0 saturated carbocycles. The summed E-state index contributed by atoms with van der Waals surface area (Å²) in [5.74, 6) is 0.247. The lowest BCUT2D eigenvalue weighted by Gasteiger charge is -2.30. The van der Waals surface area contributed by atoms with Crippen LogP contribution in [0.4, 0.5) is 0 Å². The lowest BCUT2D eigenvalue weighted by Crippen LogP contribution is -2.45. The number of hydrogen-bond donors (Lipinski definition) is 3. The molecule has 0 saturated heterocycles. The SMILES string of the molecule is CCOC(=O)C1=C(C)NC(=S)N[C@@H]1c1ccccc1OCC(=O)NN=Cc1cc(Br)cc(OC)c1OCc1ccc(C#N)cc1. The molecule has 0 radical (unpaired) electrons. The molecular formula is C32H30BrN5O6S. The number of nitriles is 1. The summed E-state index contributed by atoms with van der Waals surface area (Å²) in [5, 5.41) is 19.5. The van der Waals surface area contributed by atoms with Crippen LogP contribution in [0, 0.1) is 11.3 Å². The van der Waals surface area contributed by atoms with Gasteiger partial charge in [0.2, 0.25) is 0 Å². The van der Waals surface area contributed by atoms with Crippen LogP contribution in [-0.2, 0) is 20.9 Å². The van der Waals surface area contributed by atoms with E-state index in [2.05, 4.69) is 43.2 Å². The van der Waals surface area contributed by atoms with E-state index in [0.29, 0.717) is 50.3 Å². The molecule has 0 fully saturated rings. The van der Waals surface area contributed by atoms with Crippen LogP contribution in [0.5, 0.6) is 17.2 Å².